The average molecular weight is 378 g/mol. The first-order chi connectivity index (χ1) is 13.5. The van der Waals surface area contributed by atoms with Crippen molar-refractivity contribution in [2.75, 3.05) is 12.8 Å². The summed E-state index contributed by atoms with van der Waals surface area (Å²) < 4.78 is 5.35. The van der Waals surface area contributed by atoms with Gasteiger partial charge in [0.1, 0.15) is 11.6 Å². The number of aliphatic imine (C=N–C) groups is 1. The predicted octanol–water partition coefficient (Wildman–Crippen LogP) is 5.63. The fraction of sp³-hybridized carbons (Fsp3) is 0.292. The first-order valence-corrected chi connectivity index (χ1v) is 9.64. The van der Waals surface area contributed by atoms with Gasteiger partial charge in [0.05, 0.1) is 24.6 Å². The Kier molecular flexibility index (Phi) is 7.88. The van der Waals surface area contributed by atoms with E-state index in [4.69, 9.17) is 15.5 Å². The van der Waals surface area contributed by atoms with Crippen LogP contribution in [0.2, 0.25) is 0 Å². The highest BCUT2D eigenvalue weighted by atomic mass is 16.5. The van der Waals surface area contributed by atoms with Gasteiger partial charge in [0, 0.05) is 5.56 Å². The van der Waals surface area contributed by atoms with E-state index in [1.165, 1.54) is 5.56 Å². The van der Waals surface area contributed by atoms with Gasteiger partial charge in [-0.15, -0.1) is 0 Å². The molecule has 3 N–H and O–H groups in total. The third kappa shape index (κ3) is 5.49. The molecule has 0 aliphatic rings. The highest BCUT2D eigenvalue weighted by Crippen LogP contribution is 2.24. The smallest absolute Gasteiger partial charge is 0.142 e. The van der Waals surface area contributed by atoms with Crippen molar-refractivity contribution >= 4 is 11.4 Å². The molecule has 0 aromatic heterocycles. The van der Waals surface area contributed by atoms with Gasteiger partial charge in [-0.3, -0.25) is 0 Å². The van der Waals surface area contributed by atoms with Crippen LogP contribution in [0.4, 0.5) is 5.69 Å². The Morgan fingerprint density at radius 2 is 1.93 bits per heavy atom. The summed E-state index contributed by atoms with van der Waals surface area (Å²) in [6, 6.07) is 16.3. The Labute approximate surface area is 168 Å². The number of hydrogen-bond donors (Lipinski definition) is 2. The zero-order chi connectivity index (χ0) is 20.5. The summed E-state index contributed by atoms with van der Waals surface area (Å²) >= 11 is 0. The highest BCUT2D eigenvalue weighted by Gasteiger charge is 2.13. The van der Waals surface area contributed by atoms with Crippen LogP contribution in [0.15, 0.2) is 77.6 Å². The summed E-state index contributed by atoms with van der Waals surface area (Å²) in [5.74, 6) is 1.49. The van der Waals surface area contributed by atoms with Gasteiger partial charge >= 0.3 is 0 Å². The van der Waals surface area contributed by atoms with E-state index >= 15 is 0 Å². The molecule has 0 aliphatic carbocycles. The number of nitrogens with zero attached hydrogens (tertiary/aromatic N) is 1. The van der Waals surface area contributed by atoms with Gasteiger partial charge in [-0.2, -0.15) is 0 Å². The quantitative estimate of drug-likeness (QED) is 0.439. The number of ether oxygens (including phenoxy) is 1. The maximum Gasteiger partial charge on any atom is 0.142 e. The van der Waals surface area contributed by atoms with E-state index in [1.807, 2.05) is 24.3 Å². The molecule has 2 aromatic rings. The Morgan fingerprint density at radius 1 is 1.21 bits per heavy atom. The molecule has 1 atom stereocenters. The zero-order valence-corrected chi connectivity index (χ0v) is 17.3. The van der Waals surface area contributed by atoms with Crippen molar-refractivity contribution in [3.8, 4) is 5.75 Å². The molecular weight excluding hydrogens is 346 g/mol. The predicted molar refractivity (Wildman–Crippen MR) is 120 cm³/mol. The summed E-state index contributed by atoms with van der Waals surface area (Å²) in [6.07, 6.45) is 3.86. The summed E-state index contributed by atoms with van der Waals surface area (Å²) in [6.45, 7) is 10.3. The molecule has 0 fully saturated rings. The minimum atomic E-state index is 0.201. The van der Waals surface area contributed by atoms with Gasteiger partial charge < -0.3 is 15.8 Å². The number of nitrogens with one attached hydrogen (secondary N) is 1. The molecule has 148 valence electrons. The Balaban J connectivity index is 2.39. The van der Waals surface area contributed by atoms with Gasteiger partial charge in [-0.25, -0.2) is 4.99 Å². The van der Waals surface area contributed by atoms with Crippen LogP contribution in [0.5, 0.6) is 5.75 Å². The zero-order valence-electron chi connectivity index (χ0n) is 17.3. The lowest BCUT2D eigenvalue weighted by Gasteiger charge is -2.21. The number of benzene rings is 2. The van der Waals surface area contributed by atoms with Crippen molar-refractivity contribution < 1.29 is 4.74 Å². The summed E-state index contributed by atoms with van der Waals surface area (Å²) in [5, 5.41) is 3.63. The van der Waals surface area contributed by atoms with E-state index in [2.05, 4.69) is 56.9 Å². The van der Waals surface area contributed by atoms with Crippen LogP contribution in [-0.4, -0.2) is 12.8 Å². The van der Waals surface area contributed by atoms with E-state index in [1.54, 1.807) is 13.2 Å². The van der Waals surface area contributed by atoms with E-state index in [0.717, 1.165) is 35.5 Å². The molecule has 0 heterocycles. The average Bonchev–Trinajstić information content (AvgIpc) is 2.71. The minimum Gasteiger partial charge on any atom is -0.495 e. The van der Waals surface area contributed by atoms with Crippen molar-refractivity contribution in [2.45, 2.75) is 39.7 Å². The maximum absolute atomic E-state index is 5.94. The van der Waals surface area contributed by atoms with E-state index in [0.29, 0.717) is 11.4 Å². The highest BCUT2D eigenvalue weighted by molar-refractivity contribution is 6.09. The molecule has 0 radical (unpaired) electrons. The van der Waals surface area contributed by atoms with Crippen molar-refractivity contribution in [3.63, 3.8) is 0 Å². The summed E-state index contributed by atoms with van der Waals surface area (Å²) in [4.78, 5) is 4.89. The third-order valence-corrected chi connectivity index (χ3v) is 4.52. The van der Waals surface area contributed by atoms with Crippen LogP contribution < -0.4 is 15.8 Å². The Hall–Kier alpha value is -3.01. The van der Waals surface area contributed by atoms with Crippen LogP contribution in [0, 0.1) is 0 Å². The van der Waals surface area contributed by atoms with Crippen LogP contribution in [0.3, 0.4) is 0 Å². The molecule has 0 saturated heterocycles. The topological polar surface area (TPSA) is 59.6 Å². The number of nitrogen functional groups attached to an aromatic ring is 1. The Morgan fingerprint density at radius 3 is 2.50 bits per heavy atom. The van der Waals surface area contributed by atoms with E-state index in [-0.39, 0.29) is 6.04 Å². The molecule has 2 aromatic carbocycles. The number of rotatable bonds is 9. The van der Waals surface area contributed by atoms with Crippen LogP contribution in [0.1, 0.15) is 50.8 Å². The largest absolute Gasteiger partial charge is 0.495 e. The molecule has 1 unspecified atom stereocenters. The van der Waals surface area contributed by atoms with Gasteiger partial charge in [-0.05, 0) is 49.6 Å². The lowest BCUT2D eigenvalue weighted by atomic mass is 10.0. The molecule has 0 aliphatic heterocycles. The van der Waals surface area contributed by atoms with Gasteiger partial charge in [0.25, 0.3) is 0 Å². The summed E-state index contributed by atoms with van der Waals surface area (Å²) in [5.41, 5.74) is 10.6. The standard InChI is InChI=1S/C24H31N3O/c1-6-11-22(18-12-9-8-10-13-18)27-24(17(3)4)26-21(7-2)19-14-15-20(25)23(16-19)28-5/h7-10,12-16,22,27H,2,6,11,25H2,1,3-5H3/b26-21+. The van der Waals surface area contributed by atoms with Gasteiger partial charge in [0.2, 0.25) is 0 Å². The third-order valence-electron chi connectivity index (χ3n) is 4.52. The summed E-state index contributed by atoms with van der Waals surface area (Å²) in [7, 11) is 1.61. The van der Waals surface area contributed by atoms with Crippen LogP contribution in [-0.2, 0) is 0 Å². The number of allylic oxidation sites excluding steroid dienone is 2. The molecular formula is C24H31N3O. The van der Waals surface area contributed by atoms with Crippen LogP contribution in [0.25, 0.3) is 0 Å². The number of hydrogen-bond acceptors (Lipinski definition) is 4. The lowest BCUT2D eigenvalue weighted by Crippen LogP contribution is -2.21. The first kappa shape index (κ1) is 21.3. The monoisotopic (exact) mass is 377 g/mol. The van der Waals surface area contributed by atoms with Crippen LogP contribution >= 0.6 is 0 Å². The number of nitrogens with two attached hydrogens (primary N) is 1. The van der Waals surface area contributed by atoms with Crippen molar-refractivity contribution in [1.82, 2.24) is 5.32 Å². The molecule has 2 rings (SSSR count). The Bertz CT molecular complexity index is 849. The number of anilines is 1. The van der Waals surface area contributed by atoms with Crippen molar-refractivity contribution in [3.05, 3.63) is 83.7 Å². The second-order valence-corrected chi connectivity index (χ2v) is 6.90. The minimum absolute atomic E-state index is 0.201. The normalized spacial score (nSPS) is 12.2. The molecule has 0 saturated carbocycles. The van der Waals surface area contributed by atoms with Crippen molar-refractivity contribution in [1.29, 1.82) is 0 Å². The van der Waals surface area contributed by atoms with E-state index < -0.39 is 0 Å². The van der Waals surface area contributed by atoms with E-state index in [9.17, 15) is 0 Å². The molecule has 4 heteroatoms. The first-order valence-electron chi connectivity index (χ1n) is 9.64. The molecule has 28 heavy (non-hydrogen) atoms. The SMILES string of the molecule is C=C/C(=N\C(NC(CCC)c1ccccc1)=C(C)C)c1ccc(N)c(OC)c1. The van der Waals surface area contributed by atoms with Gasteiger partial charge in [-0.1, -0.05) is 56.3 Å². The molecule has 0 amide bonds. The number of methoxy groups -OCH3 is 1. The van der Waals surface area contributed by atoms with Crippen molar-refractivity contribution in [2.24, 2.45) is 4.99 Å². The maximum atomic E-state index is 5.94. The fourth-order valence-electron chi connectivity index (χ4n) is 2.97. The fourth-order valence-corrected chi connectivity index (χ4v) is 2.97. The second-order valence-electron chi connectivity index (χ2n) is 6.90. The molecule has 0 spiro atoms. The lowest BCUT2D eigenvalue weighted by molar-refractivity contribution is 0.417. The van der Waals surface area contributed by atoms with Gasteiger partial charge in [0.15, 0.2) is 0 Å². The molecule has 0 bridgehead atoms. The second kappa shape index (κ2) is 10.4. The molecule has 4 nitrogen and oxygen atoms in total.